The Labute approximate surface area is 104 Å². The number of nitrogens with one attached hydrogen (secondary N) is 1. The van der Waals surface area contributed by atoms with Crippen LogP contribution >= 0.6 is 0 Å². The van der Waals surface area contributed by atoms with E-state index in [0.29, 0.717) is 6.04 Å². The summed E-state index contributed by atoms with van der Waals surface area (Å²) in [4.78, 5) is 10.6. The highest BCUT2D eigenvalue weighted by atomic mass is 15.2. The number of nitrogens with zero attached hydrogens (tertiary/aromatic N) is 3. The van der Waals surface area contributed by atoms with E-state index < -0.39 is 0 Å². The molecule has 1 aromatic rings. The van der Waals surface area contributed by atoms with Crippen LogP contribution in [0.1, 0.15) is 33.6 Å². The molecule has 0 spiro atoms. The molecular formula is C13H24N4. The van der Waals surface area contributed by atoms with Gasteiger partial charge in [-0.2, -0.15) is 4.98 Å². The maximum atomic E-state index is 4.45. The molecule has 4 nitrogen and oxygen atoms in total. The van der Waals surface area contributed by atoms with E-state index in [9.17, 15) is 0 Å². The molecule has 1 N–H and O–H groups in total. The van der Waals surface area contributed by atoms with Crippen molar-refractivity contribution in [3.05, 3.63) is 12.3 Å². The lowest BCUT2D eigenvalue weighted by molar-refractivity contribution is 0.483. The van der Waals surface area contributed by atoms with Gasteiger partial charge in [0, 0.05) is 26.3 Å². The predicted molar refractivity (Wildman–Crippen MR) is 73.5 cm³/mol. The Balaban J connectivity index is 2.58. The van der Waals surface area contributed by atoms with Gasteiger partial charge in [-0.1, -0.05) is 20.3 Å². The van der Waals surface area contributed by atoms with Crippen molar-refractivity contribution >= 4 is 11.8 Å². The first-order chi connectivity index (χ1) is 8.02. The number of aromatic nitrogens is 2. The third-order valence-electron chi connectivity index (χ3n) is 2.89. The van der Waals surface area contributed by atoms with E-state index >= 15 is 0 Å². The van der Waals surface area contributed by atoms with E-state index in [-0.39, 0.29) is 0 Å². The summed E-state index contributed by atoms with van der Waals surface area (Å²) in [5, 5.41) is 3.42. The summed E-state index contributed by atoms with van der Waals surface area (Å²) >= 11 is 0. The largest absolute Gasteiger partial charge is 0.367 e. The highest BCUT2D eigenvalue weighted by Crippen LogP contribution is 2.14. The smallest absolute Gasteiger partial charge is 0.226 e. The Bertz CT molecular complexity index is 338. The summed E-state index contributed by atoms with van der Waals surface area (Å²) in [5.74, 6) is 2.39. The molecule has 1 heterocycles. The summed E-state index contributed by atoms with van der Waals surface area (Å²) < 4.78 is 0. The molecule has 0 saturated carbocycles. The van der Waals surface area contributed by atoms with Gasteiger partial charge in [-0.25, -0.2) is 4.98 Å². The Hall–Kier alpha value is -1.32. The van der Waals surface area contributed by atoms with Crippen LogP contribution in [-0.2, 0) is 0 Å². The van der Waals surface area contributed by atoms with Crippen molar-refractivity contribution in [1.82, 2.24) is 9.97 Å². The molecule has 0 amide bonds. The highest BCUT2D eigenvalue weighted by molar-refractivity contribution is 5.40. The van der Waals surface area contributed by atoms with Crippen LogP contribution in [0.15, 0.2) is 12.3 Å². The minimum absolute atomic E-state index is 0.440. The second-order valence-corrected chi connectivity index (χ2v) is 4.93. The van der Waals surface area contributed by atoms with Crippen LogP contribution in [0.5, 0.6) is 0 Å². The molecule has 0 aliphatic heterocycles. The molecule has 0 radical (unpaired) electrons. The van der Waals surface area contributed by atoms with E-state index in [2.05, 4.69) is 36.1 Å². The zero-order valence-corrected chi connectivity index (χ0v) is 11.6. The van der Waals surface area contributed by atoms with Gasteiger partial charge in [-0.3, -0.25) is 0 Å². The molecule has 0 aliphatic carbocycles. The lowest BCUT2D eigenvalue weighted by Crippen LogP contribution is -2.20. The van der Waals surface area contributed by atoms with Gasteiger partial charge in [0.05, 0.1) is 0 Å². The zero-order chi connectivity index (χ0) is 12.8. The average molecular weight is 236 g/mol. The molecule has 0 aromatic carbocycles. The third kappa shape index (κ3) is 4.59. The van der Waals surface area contributed by atoms with Gasteiger partial charge in [-0.15, -0.1) is 0 Å². The zero-order valence-electron chi connectivity index (χ0n) is 11.6. The van der Waals surface area contributed by atoms with Gasteiger partial charge in [0.15, 0.2) is 0 Å². The van der Waals surface area contributed by atoms with Crippen molar-refractivity contribution in [3.63, 3.8) is 0 Å². The first-order valence-electron chi connectivity index (χ1n) is 6.29. The minimum atomic E-state index is 0.440. The molecule has 17 heavy (non-hydrogen) atoms. The molecule has 0 saturated heterocycles. The number of hydrogen-bond donors (Lipinski definition) is 1. The van der Waals surface area contributed by atoms with Crippen LogP contribution in [0, 0.1) is 5.92 Å². The van der Waals surface area contributed by atoms with Gasteiger partial charge in [0.1, 0.15) is 5.82 Å². The van der Waals surface area contributed by atoms with Gasteiger partial charge in [0.2, 0.25) is 5.95 Å². The fourth-order valence-corrected chi connectivity index (χ4v) is 1.73. The molecule has 0 bridgehead atoms. The quantitative estimate of drug-likeness (QED) is 0.824. The Morgan fingerprint density at radius 1 is 1.35 bits per heavy atom. The summed E-state index contributed by atoms with van der Waals surface area (Å²) in [7, 11) is 3.89. The van der Waals surface area contributed by atoms with Crippen LogP contribution in [0.3, 0.4) is 0 Å². The van der Waals surface area contributed by atoms with Gasteiger partial charge in [-0.05, 0) is 25.3 Å². The van der Waals surface area contributed by atoms with E-state index in [1.165, 1.54) is 6.42 Å². The Morgan fingerprint density at radius 3 is 2.65 bits per heavy atom. The van der Waals surface area contributed by atoms with Gasteiger partial charge >= 0.3 is 0 Å². The molecule has 0 fully saturated rings. The monoisotopic (exact) mass is 236 g/mol. The van der Waals surface area contributed by atoms with E-state index in [4.69, 9.17) is 0 Å². The highest BCUT2D eigenvalue weighted by Gasteiger charge is 2.08. The van der Waals surface area contributed by atoms with Crippen molar-refractivity contribution in [2.24, 2.45) is 5.92 Å². The van der Waals surface area contributed by atoms with Crippen molar-refractivity contribution in [2.75, 3.05) is 24.3 Å². The molecule has 2 unspecified atom stereocenters. The normalized spacial score (nSPS) is 14.2. The molecule has 4 heteroatoms. The van der Waals surface area contributed by atoms with Gasteiger partial charge < -0.3 is 10.2 Å². The van der Waals surface area contributed by atoms with E-state index in [1.54, 1.807) is 6.20 Å². The molecule has 2 atom stereocenters. The lowest BCUT2D eigenvalue weighted by atomic mass is 10.0. The van der Waals surface area contributed by atoms with Crippen LogP contribution in [-0.4, -0.2) is 30.1 Å². The SMILES string of the molecule is CCC(C)CC(C)Nc1ccnc(N(C)C)n1. The average Bonchev–Trinajstić information content (AvgIpc) is 2.28. The molecule has 1 rings (SSSR count). The van der Waals surface area contributed by atoms with Crippen LogP contribution in [0.25, 0.3) is 0 Å². The molecule has 0 aliphatic rings. The maximum Gasteiger partial charge on any atom is 0.226 e. The summed E-state index contributed by atoms with van der Waals surface area (Å²) in [6.07, 6.45) is 4.18. The first-order valence-corrected chi connectivity index (χ1v) is 6.29. The topological polar surface area (TPSA) is 41.1 Å². The number of anilines is 2. The van der Waals surface area contributed by atoms with Crippen molar-refractivity contribution < 1.29 is 0 Å². The second-order valence-electron chi connectivity index (χ2n) is 4.93. The van der Waals surface area contributed by atoms with Crippen molar-refractivity contribution in [2.45, 2.75) is 39.7 Å². The fourth-order valence-electron chi connectivity index (χ4n) is 1.73. The first kappa shape index (κ1) is 13.7. The fraction of sp³-hybridized carbons (Fsp3) is 0.692. The van der Waals surface area contributed by atoms with Gasteiger partial charge in [0.25, 0.3) is 0 Å². The van der Waals surface area contributed by atoms with E-state index in [0.717, 1.165) is 24.1 Å². The van der Waals surface area contributed by atoms with Crippen LogP contribution in [0.4, 0.5) is 11.8 Å². The summed E-state index contributed by atoms with van der Waals surface area (Å²) in [5.41, 5.74) is 0. The maximum absolute atomic E-state index is 4.45. The predicted octanol–water partition coefficient (Wildman–Crippen LogP) is 2.78. The Kier molecular flexibility index (Phi) is 5.19. The Morgan fingerprint density at radius 2 is 2.06 bits per heavy atom. The summed E-state index contributed by atoms with van der Waals surface area (Å²) in [6, 6.07) is 2.36. The standard InChI is InChI=1S/C13H24N4/c1-6-10(2)9-11(3)15-12-7-8-14-13(16-12)17(4)5/h7-8,10-11H,6,9H2,1-5H3,(H,14,15,16). The van der Waals surface area contributed by atoms with Crippen molar-refractivity contribution in [1.29, 1.82) is 0 Å². The number of rotatable bonds is 6. The second kappa shape index (κ2) is 6.42. The molecule has 96 valence electrons. The van der Waals surface area contributed by atoms with Crippen LogP contribution < -0.4 is 10.2 Å². The third-order valence-corrected chi connectivity index (χ3v) is 2.89. The molecule has 1 aromatic heterocycles. The summed E-state index contributed by atoms with van der Waals surface area (Å²) in [6.45, 7) is 6.71. The lowest BCUT2D eigenvalue weighted by Gasteiger charge is -2.19. The van der Waals surface area contributed by atoms with Crippen LogP contribution in [0.2, 0.25) is 0 Å². The van der Waals surface area contributed by atoms with E-state index in [1.807, 2.05) is 25.1 Å². The molecular weight excluding hydrogens is 212 g/mol. The minimum Gasteiger partial charge on any atom is -0.367 e. The number of hydrogen-bond acceptors (Lipinski definition) is 4. The van der Waals surface area contributed by atoms with Crippen molar-refractivity contribution in [3.8, 4) is 0 Å².